The minimum Gasteiger partial charge on any atom is -0.472 e. The fraction of sp³-hybridized carbons (Fsp3) is 0.733. The molecule has 3 heteroatoms. The van der Waals surface area contributed by atoms with E-state index in [4.69, 9.17) is 4.42 Å². The maximum Gasteiger partial charge on any atom is 0.0964 e. The first kappa shape index (κ1) is 12.2. The molecule has 2 aliphatic carbocycles. The number of fused-ring (bicyclic) bond motifs is 2. The van der Waals surface area contributed by atoms with Crippen LogP contribution in [0.4, 0.5) is 0 Å². The smallest absolute Gasteiger partial charge is 0.0964 e. The summed E-state index contributed by atoms with van der Waals surface area (Å²) in [6.07, 6.45) is 4.27. The van der Waals surface area contributed by atoms with Crippen molar-refractivity contribution in [2.75, 3.05) is 0 Å². The van der Waals surface area contributed by atoms with Crippen molar-refractivity contribution >= 4 is 0 Å². The van der Waals surface area contributed by atoms with Gasteiger partial charge in [-0.15, -0.1) is 0 Å². The molecule has 0 aromatic carbocycles. The minimum atomic E-state index is -0.516. The van der Waals surface area contributed by atoms with E-state index in [1.807, 2.05) is 0 Å². The van der Waals surface area contributed by atoms with Gasteiger partial charge in [-0.3, -0.25) is 0 Å². The van der Waals surface area contributed by atoms with Gasteiger partial charge in [-0.1, -0.05) is 20.8 Å². The Morgan fingerprint density at radius 1 is 1.06 bits per heavy atom. The van der Waals surface area contributed by atoms with Gasteiger partial charge in [0.05, 0.1) is 24.7 Å². The van der Waals surface area contributed by atoms with E-state index in [1.165, 1.54) is 0 Å². The van der Waals surface area contributed by atoms with Crippen molar-refractivity contribution in [3.8, 4) is 0 Å². The molecule has 0 aliphatic heterocycles. The molecule has 0 bridgehead atoms. The monoisotopic (exact) mass is 250 g/mol. The highest BCUT2D eigenvalue weighted by Gasteiger charge is 2.49. The Morgan fingerprint density at radius 3 is 2.28 bits per heavy atom. The van der Waals surface area contributed by atoms with Gasteiger partial charge in [0.25, 0.3) is 0 Å². The number of aliphatic hydroxyl groups is 2. The molecule has 1 fully saturated rings. The summed E-state index contributed by atoms with van der Waals surface area (Å²) in [7, 11) is 0. The number of furan rings is 1. The van der Waals surface area contributed by atoms with Crippen molar-refractivity contribution in [2.45, 2.75) is 45.8 Å². The molecule has 0 saturated heterocycles. The number of hydrogen-bond donors (Lipinski definition) is 2. The summed E-state index contributed by atoms with van der Waals surface area (Å²) in [6.45, 7) is 6.60. The van der Waals surface area contributed by atoms with Crippen LogP contribution in [0.3, 0.4) is 0 Å². The molecule has 1 aromatic rings. The van der Waals surface area contributed by atoms with E-state index in [9.17, 15) is 10.2 Å². The lowest BCUT2D eigenvalue weighted by Gasteiger charge is -2.27. The van der Waals surface area contributed by atoms with Crippen molar-refractivity contribution < 1.29 is 14.6 Å². The molecular weight excluding hydrogens is 228 g/mol. The van der Waals surface area contributed by atoms with Crippen molar-refractivity contribution in [1.82, 2.24) is 0 Å². The third-order valence-corrected chi connectivity index (χ3v) is 5.07. The lowest BCUT2D eigenvalue weighted by molar-refractivity contribution is 0.0397. The van der Waals surface area contributed by atoms with Crippen LogP contribution >= 0.6 is 0 Å². The summed E-state index contributed by atoms with van der Waals surface area (Å²) in [6, 6.07) is 0. The van der Waals surface area contributed by atoms with Crippen LogP contribution in [0.15, 0.2) is 16.9 Å². The number of aliphatic hydroxyl groups excluding tert-OH is 2. The van der Waals surface area contributed by atoms with Gasteiger partial charge in [0.2, 0.25) is 0 Å². The van der Waals surface area contributed by atoms with Crippen molar-refractivity contribution in [2.24, 2.45) is 23.2 Å². The molecule has 18 heavy (non-hydrogen) atoms. The first-order valence-electron chi connectivity index (χ1n) is 6.83. The van der Waals surface area contributed by atoms with E-state index < -0.39 is 12.2 Å². The van der Waals surface area contributed by atoms with E-state index in [0.717, 1.165) is 24.0 Å². The van der Waals surface area contributed by atoms with Gasteiger partial charge < -0.3 is 14.6 Å². The second kappa shape index (κ2) is 3.84. The summed E-state index contributed by atoms with van der Waals surface area (Å²) in [5.41, 5.74) is 1.83. The van der Waals surface area contributed by atoms with Crippen molar-refractivity contribution in [3.63, 3.8) is 0 Å². The molecule has 2 N–H and O–H groups in total. The normalized spacial score (nSPS) is 42.2. The van der Waals surface area contributed by atoms with Crippen LogP contribution in [0.1, 0.15) is 56.9 Å². The zero-order chi connectivity index (χ0) is 13.1. The zero-order valence-corrected chi connectivity index (χ0v) is 11.3. The predicted octanol–water partition coefficient (Wildman–Crippen LogP) is 3.05. The Morgan fingerprint density at radius 2 is 1.61 bits per heavy atom. The van der Waals surface area contributed by atoms with Crippen LogP contribution in [0.5, 0.6) is 0 Å². The lowest BCUT2D eigenvalue weighted by atomic mass is 9.81. The minimum absolute atomic E-state index is 0.172. The van der Waals surface area contributed by atoms with Crippen molar-refractivity contribution in [1.29, 1.82) is 0 Å². The highest BCUT2D eigenvalue weighted by molar-refractivity contribution is 5.29. The molecule has 0 spiro atoms. The summed E-state index contributed by atoms with van der Waals surface area (Å²) >= 11 is 0. The SMILES string of the molecule is C[C@@H]1[C@H]2CC(C)(C)C[C@H]2[C@H](O)c2cocc2[C@@H]1O. The molecule has 5 atom stereocenters. The molecule has 1 heterocycles. The zero-order valence-electron chi connectivity index (χ0n) is 11.3. The highest BCUT2D eigenvalue weighted by atomic mass is 16.3. The lowest BCUT2D eigenvalue weighted by Crippen LogP contribution is -2.22. The van der Waals surface area contributed by atoms with Gasteiger partial charge >= 0.3 is 0 Å². The molecular formula is C15H22O3. The molecule has 3 nitrogen and oxygen atoms in total. The van der Waals surface area contributed by atoms with E-state index in [2.05, 4.69) is 20.8 Å². The summed E-state index contributed by atoms with van der Waals surface area (Å²) in [5, 5.41) is 21.1. The van der Waals surface area contributed by atoms with Gasteiger partial charge in [0.15, 0.2) is 0 Å². The standard InChI is InChI=1S/C15H22O3/c1-8-9-4-15(2,3)5-10(9)14(17)12-7-18-6-11(12)13(8)16/h6-10,13-14,16-17H,4-5H2,1-3H3/t8-,9-,10-,13-,14+/m1/s1. The number of rotatable bonds is 0. The quantitative estimate of drug-likeness (QED) is 0.744. The highest BCUT2D eigenvalue weighted by Crippen LogP contribution is 2.57. The molecule has 100 valence electrons. The second-order valence-electron chi connectivity index (χ2n) is 6.93. The summed E-state index contributed by atoms with van der Waals surface area (Å²) in [4.78, 5) is 0. The third kappa shape index (κ3) is 1.64. The Kier molecular flexibility index (Phi) is 2.62. The molecule has 3 rings (SSSR count). The first-order chi connectivity index (χ1) is 8.41. The van der Waals surface area contributed by atoms with Gasteiger partial charge in [0, 0.05) is 11.1 Å². The molecule has 0 unspecified atom stereocenters. The van der Waals surface area contributed by atoms with Crippen molar-refractivity contribution in [3.05, 3.63) is 23.7 Å². The van der Waals surface area contributed by atoms with Crippen LogP contribution in [0, 0.1) is 23.2 Å². The molecule has 1 saturated carbocycles. The fourth-order valence-corrected chi connectivity index (χ4v) is 4.13. The maximum absolute atomic E-state index is 10.6. The molecule has 2 aliphatic rings. The average Bonchev–Trinajstić information content (AvgIpc) is 2.88. The molecule has 1 aromatic heterocycles. The Labute approximate surface area is 108 Å². The second-order valence-corrected chi connectivity index (χ2v) is 6.93. The van der Waals surface area contributed by atoms with Gasteiger partial charge in [-0.25, -0.2) is 0 Å². The van der Waals surface area contributed by atoms with E-state index in [0.29, 0.717) is 5.92 Å². The van der Waals surface area contributed by atoms with Gasteiger partial charge in [0.1, 0.15) is 0 Å². The third-order valence-electron chi connectivity index (χ3n) is 5.07. The first-order valence-corrected chi connectivity index (χ1v) is 6.83. The topological polar surface area (TPSA) is 53.6 Å². The van der Waals surface area contributed by atoms with Crippen LogP contribution in [0.25, 0.3) is 0 Å². The maximum atomic E-state index is 10.6. The van der Waals surface area contributed by atoms with Crippen LogP contribution < -0.4 is 0 Å². The average molecular weight is 250 g/mol. The van der Waals surface area contributed by atoms with Crippen LogP contribution in [-0.4, -0.2) is 10.2 Å². The fourth-order valence-electron chi connectivity index (χ4n) is 4.13. The van der Waals surface area contributed by atoms with E-state index >= 15 is 0 Å². The largest absolute Gasteiger partial charge is 0.472 e. The van der Waals surface area contributed by atoms with Gasteiger partial charge in [-0.05, 0) is 36.0 Å². The van der Waals surface area contributed by atoms with Crippen LogP contribution in [-0.2, 0) is 0 Å². The molecule has 0 radical (unpaired) electrons. The predicted molar refractivity (Wildman–Crippen MR) is 67.8 cm³/mol. The van der Waals surface area contributed by atoms with Crippen LogP contribution in [0.2, 0.25) is 0 Å². The summed E-state index contributed by atoms with van der Waals surface area (Å²) < 4.78 is 5.19. The summed E-state index contributed by atoms with van der Waals surface area (Å²) in [5.74, 6) is 0.797. The Bertz CT molecular complexity index is 448. The van der Waals surface area contributed by atoms with E-state index in [1.54, 1.807) is 12.5 Å². The van der Waals surface area contributed by atoms with E-state index in [-0.39, 0.29) is 17.3 Å². The Hall–Kier alpha value is -0.800. The van der Waals surface area contributed by atoms with Gasteiger partial charge in [-0.2, -0.15) is 0 Å². The Balaban J connectivity index is 2.05. The number of hydrogen-bond acceptors (Lipinski definition) is 3. The molecule has 0 amide bonds.